The highest BCUT2D eigenvalue weighted by molar-refractivity contribution is 7.56. The third kappa shape index (κ3) is 15.8. The van der Waals surface area contributed by atoms with Crippen LogP contribution in [0.1, 0.15) is 20.3 Å². The molecule has 5 nitrogen and oxygen atoms in total. The van der Waals surface area contributed by atoms with Gasteiger partial charge in [0.05, 0.1) is 6.61 Å². The summed E-state index contributed by atoms with van der Waals surface area (Å²) >= 11 is 0. The van der Waals surface area contributed by atoms with E-state index < -0.39 is 7.60 Å². The lowest BCUT2D eigenvalue weighted by Crippen LogP contribution is -2.24. The summed E-state index contributed by atoms with van der Waals surface area (Å²) in [5, 5.41) is 2.39. The van der Waals surface area contributed by atoms with Crippen LogP contribution in [0.5, 0.6) is 0 Å². The van der Waals surface area contributed by atoms with Crippen LogP contribution in [-0.4, -0.2) is 19.1 Å². The van der Waals surface area contributed by atoms with Crippen molar-refractivity contribution >= 4 is 13.5 Å². The summed E-state index contributed by atoms with van der Waals surface area (Å²) in [4.78, 5) is 22.0. The van der Waals surface area contributed by atoms with Crippen LogP contribution in [0, 0.1) is 70.8 Å². The monoisotopic (exact) mass is 376 g/mol. The van der Waals surface area contributed by atoms with Crippen LogP contribution in [0.4, 0.5) is 0 Å². The molecule has 1 N–H and O–H groups in total. The molecule has 1 unspecified atom stereocenters. The van der Waals surface area contributed by atoms with Crippen LogP contribution in [0.2, 0.25) is 0 Å². The summed E-state index contributed by atoms with van der Waals surface area (Å²) in [7, 11) is -4.32. The first-order valence-electron chi connectivity index (χ1n) is 7.53. The van der Waals surface area contributed by atoms with Crippen molar-refractivity contribution in [2.75, 3.05) is 13.2 Å². The number of carbonyl (C=O) groups excluding carboxylic acids is 1. The summed E-state index contributed by atoms with van der Waals surface area (Å²) in [6.45, 7) is 6.61. The molecule has 0 bridgehead atoms. The Morgan fingerprint density at radius 3 is 2.04 bits per heavy atom. The lowest BCUT2D eigenvalue weighted by Gasteiger charge is -2.16. The first-order valence-corrected chi connectivity index (χ1v) is 9.07. The molecule has 0 aromatic rings. The van der Waals surface area contributed by atoms with Crippen molar-refractivity contribution < 1.29 is 18.8 Å². The lowest BCUT2D eigenvalue weighted by molar-refractivity contribution is -0.193. The highest BCUT2D eigenvalue weighted by Crippen LogP contribution is 2.34. The van der Waals surface area contributed by atoms with E-state index in [0.29, 0.717) is 0 Å². The molecule has 0 aliphatic heterocycles. The van der Waals surface area contributed by atoms with Gasteiger partial charge in [0.1, 0.15) is 0 Å². The molecule has 0 heterocycles. The van der Waals surface area contributed by atoms with E-state index >= 15 is 0 Å². The fraction of sp³-hybridized carbons (Fsp3) is 0.238. The van der Waals surface area contributed by atoms with Crippen molar-refractivity contribution in [3.63, 3.8) is 0 Å². The smallest absolute Gasteiger partial charge is 0.216 e. The van der Waals surface area contributed by atoms with Crippen molar-refractivity contribution in [1.29, 1.82) is 0 Å². The zero-order valence-corrected chi connectivity index (χ0v) is 15.8. The predicted octanol–water partition coefficient (Wildman–Crippen LogP) is 0.792. The van der Waals surface area contributed by atoms with E-state index in [1.165, 1.54) is 6.92 Å². The topological polar surface area (TPSA) is 78.5 Å². The molecule has 1 atom stereocenters. The molecule has 6 heteroatoms. The number of nitrogens with one attached hydrogen (secondary N) is 1. The Labute approximate surface area is 160 Å². The van der Waals surface area contributed by atoms with Gasteiger partial charge in [0.2, 0.25) is 13.5 Å². The summed E-state index contributed by atoms with van der Waals surface area (Å²) in [5.74, 6) is 26.5. The van der Waals surface area contributed by atoms with E-state index in [0.717, 1.165) is 12.0 Å². The predicted molar refractivity (Wildman–Crippen MR) is 102 cm³/mol. The van der Waals surface area contributed by atoms with Crippen molar-refractivity contribution in [3.8, 4) is 70.8 Å². The number of rotatable bonds is 5. The standard InChI is InChI=1S/C21H16NO4P/c1-4-21(5-2)16-14-12-10-8-6-7-9-11-13-15-19-27(24,25)26-18-17-22-20(3)23/h1,5,17-18H2,2-3H3,(H,22,23)(H,24,25)/p-1. The molecule has 0 aliphatic rings. The molecule has 134 valence electrons. The van der Waals surface area contributed by atoms with Gasteiger partial charge < -0.3 is 14.7 Å². The fourth-order valence-corrected chi connectivity index (χ4v) is 1.72. The minimum atomic E-state index is -4.32. The Balaban J connectivity index is 4.49. The van der Waals surface area contributed by atoms with E-state index in [1.807, 2.05) is 12.6 Å². The van der Waals surface area contributed by atoms with Crippen LogP contribution in [0.3, 0.4) is 0 Å². The van der Waals surface area contributed by atoms with Crippen molar-refractivity contribution in [1.82, 2.24) is 5.32 Å². The first kappa shape index (κ1) is 23.5. The number of carbonyl (C=O) groups is 1. The highest BCUT2D eigenvalue weighted by atomic mass is 31.2. The van der Waals surface area contributed by atoms with Crippen LogP contribution in [-0.2, 0) is 13.9 Å². The molecule has 0 aromatic heterocycles. The van der Waals surface area contributed by atoms with Gasteiger partial charge in [0.25, 0.3) is 0 Å². The number of allylic oxidation sites excluding steroid dienone is 1. The number of hydrogen-bond acceptors (Lipinski definition) is 4. The summed E-state index contributed by atoms with van der Waals surface area (Å²) < 4.78 is 15.9. The molecule has 0 aromatic carbocycles. The normalized spacial score (nSPS) is 9.44. The Hall–Kier alpha value is -3.50. The van der Waals surface area contributed by atoms with Gasteiger partial charge in [-0.25, -0.2) is 0 Å². The minimum absolute atomic E-state index is 0.0677. The second-order valence-corrected chi connectivity index (χ2v) is 5.79. The maximum atomic E-state index is 11.4. The maximum absolute atomic E-state index is 11.4. The summed E-state index contributed by atoms with van der Waals surface area (Å²) in [6, 6.07) is 0. The second-order valence-electron chi connectivity index (χ2n) is 4.31. The van der Waals surface area contributed by atoms with Gasteiger partial charge in [-0.15, -0.1) is 5.73 Å². The largest absolute Gasteiger partial charge is 0.769 e. The van der Waals surface area contributed by atoms with E-state index in [1.54, 1.807) is 0 Å². The quantitative estimate of drug-likeness (QED) is 0.333. The van der Waals surface area contributed by atoms with Gasteiger partial charge in [0.15, 0.2) is 0 Å². The van der Waals surface area contributed by atoms with Gasteiger partial charge >= 0.3 is 0 Å². The Morgan fingerprint density at radius 2 is 1.56 bits per heavy atom. The number of amides is 1. The first-order chi connectivity index (χ1) is 12.9. The Bertz CT molecular complexity index is 1030. The van der Waals surface area contributed by atoms with Gasteiger partial charge in [-0.05, 0) is 77.2 Å². The zero-order chi connectivity index (χ0) is 20.4. The second kappa shape index (κ2) is 14.8. The molecular formula is C21H15NO4P-. The lowest BCUT2D eigenvalue weighted by atomic mass is 10.2. The average Bonchev–Trinajstić information content (AvgIpc) is 2.62. The molecule has 0 rings (SSSR count). The molecule has 0 saturated carbocycles. The molecule has 27 heavy (non-hydrogen) atoms. The van der Waals surface area contributed by atoms with E-state index in [2.05, 4.69) is 87.3 Å². The van der Waals surface area contributed by atoms with Gasteiger partial charge in [0, 0.05) is 19.0 Å². The Morgan fingerprint density at radius 1 is 1.04 bits per heavy atom. The molecule has 0 radical (unpaired) electrons. The maximum Gasteiger partial charge on any atom is 0.216 e. The summed E-state index contributed by atoms with van der Waals surface area (Å²) in [5.41, 5.74) is 5.35. The van der Waals surface area contributed by atoms with Crippen LogP contribution in [0.25, 0.3) is 0 Å². The van der Waals surface area contributed by atoms with E-state index in [9.17, 15) is 14.3 Å². The molecule has 0 spiro atoms. The highest BCUT2D eigenvalue weighted by Gasteiger charge is 2.02. The van der Waals surface area contributed by atoms with Crippen molar-refractivity contribution in [3.05, 3.63) is 17.9 Å². The average molecular weight is 376 g/mol. The third-order valence-electron chi connectivity index (χ3n) is 2.27. The van der Waals surface area contributed by atoms with Gasteiger partial charge in [-0.3, -0.25) is 9.36 Å². The van der Waals surface area contributed by atoms with Crippen LogP contribution in [0.15, 0.2) is 17.9 Å². The molecule has 0 saturated heterocycles. The number of hydrogen-bond donors (Lipinski definition) is 1. The molecular weight excluding hydrogens is 361 g/mol. The minimum Gasteiger partial charge on any atom is -0.769 e. The summed E-state index contributed by atoms with van der Waals surface area (Å²) in [6.07, 6.45) is 0.738. The van der Waals surface area contributed by atoms with Crippen LogP contribution >= 0.6 is 7.60 Å². The Kier molecular flexibility index (Phi) is 12.9. The fourth-order valence-electron chi connectivity index (χ4n) is 1.14. The van der Waals surface area contributed by atoms with E-state index in [4.69, 9.17) is 0 Å². The SMILES string of the molecule is C=C=C(C#CC#CC#CC#CC#CC#CP(=O)([O-])OCCNC(C)=O)CC. The molecule has 1 amide bonds. The van der Waals surface area contributed by atoms with Gasteiger partial charge in [-0.2, -0.15) is 0 Å². The van der Waals surface area contributed by atoms with Crippen molar-refractivity contribution in [2.45, 2.75) is 20.3 Å². The molecule has 0 aliphatic carbocycles. The third-order valence-corrected chi connectivity index (χ3v) is 3.18. The van der Waals surface area contributed by atoms with Gasteiger partial charge in [-0.1, -0.05) is 13.5 Å². The molecule has 0 fully saturated rings. The zero-order valence-electron chi connectivity index (χ0n) is 14.9. The van der Waals surface area contributed by atoms with Crippen molar-refractivity contribution in [2.24, 2.45) is 0 Å². The van der Waals surface area contributed by atoms with Crippen LogP contribution < -0.4 is 10.2 Å². The van der Waals surface area contributed by atoms with E-state index in [-0.39, 0.29) is 19.1 Å².